The van der Waals surface area contributed by atoms with Crippen molar-refractivity contribution in [1.29, 1.82) is 0 Å². The summed E-state index contributed by atoms with van der Waals surface area (Å²) in [4.78, 5) is 21.1. The van der Waals surface area contributed by atoms with Crippen LogP contribution < -0.4 is 10.2 Å². The molecule has 0 spiro atoms. The topological polar surface area (TPSA) is 48.5 Å². The number of hydrogen-bond donors (Lipinski definition) is 1. The molecule has 5 nitrogen and oxygen atoms in total. The second-order valence-corrected chi connectivity index (χ2v) is 6.92. The van der Waals surface area contributed by atoms with E-state index in [1.54, 1.807) is 25.3 Å². The van der Waals surface area contributed by atoms with E-state index >= 15 is 0 Å². The van der Waals surface area contributed by atoms with Crippen LogP contribution in [0.3, 0.4) is 0 Å². The lowest BCUT2D eigenvalue weighted by Crippen LogP contribution is -2.53. The van der Waals surface area contributed by atoms with Gasteiger partial charge in [0.2, 0.25) is 5.91 Å². The van der Waals surface area contributed by atoms with Crippen LogP contribution in [0.1, 0.15) is 12.5 Å². The average Bonchev–Trinajstić information content (AvgIpc) is 2.65. The fraction of sp³-hybridized carbons (Fsp3) is 0.368. The molecule has 1 N–H and O–H groups in total. The van der Waals surface area contributed by atoms with Gasteiger partial charge in [0.1, 0.15) is 11.6 Å². The smallest absolute Gasteiger partial charge is 0.241 e. The van der Waals surface area contributed by atoms with Crippen LogP contribution in [0.25, 0.3) is 0 Å². The van der Waals surface area contributed by atoms with Gasteiger partial charge in [0.15, 0.2) is 0 Å². The highest BCUT2D eigenvalue weighted by Gasteiger charge is 2.26. The number of aromatic nitrogens is 1. The van der Waals surface area contributed by atoms with Crippen molar-refractivity contribution in [2.75, 3.05) is 36.4 Å². The number of nitrogens with zero attached hydrogens (tertiary/aromatic N) is 3. The normalized spacial score (nSPS) is 16.4. The minimum Gasteiger partial charge on any atom is -0.354 e. The lowest BCUT2D eigenvalue weighted by Gasteiger charge is -2.38. The Bertz CT molecular complexity index is 776. The molecule has 3 rings (SSSR count). The van der Waals surface area contributed by atoms with Gasteiger partial charge in [0.05, 0.1) is 11.1 Å². The van der Waals surface area contributed by atoms with Crippen molar-refractivity contribution in [2.45, 2.75) is 19.9 Å². The molecular weight excluding hydrogens is 355 g/mol. The van der Waals surface area contributed by atoms with E-state index < -0.39 is 0 Å². The van der Waals surface area contributed by atoms with Crippen LogP contribution in [0.4, 0.5) is 15.9 Å². The number of carbonyl (C=O) groups excluding carboxylic acids is 1. The van der Waals surface area contributed by atoms with Gasteiger partial charge in [-0.2, -0.15) is 0 Å². The van der Waals surface area contributed by atoms with Crippen LogP contribution >= 0.6 is 11.6 Å². The minimum absolute atomic E-state index is 0.133. The van der Waals surface area contributed by atoms with Crippen molar-refractivity contribution in [1.82, 2.24) is 9.88 Å². The summed E-state index contributed by atoms with van der Waals surface area (Å²) in [6, 6.07) is 8.16. The van der Waals surface area contributed by atoms with Crippen molar-refractivity contribution in [3.8, 4) is 0 Å². The first kappa shape index (κ1) is 18.6. The summed E-state index contributed by atoms with van der Waals surface area (Å²) >= 11 is 5.88. The Kier molecular flexibility index (Phi) is 5.74. The fourth-order valence-corrected chi connectivity index (χ4v) is 3.09. The molecule has 2 heterocycles. The third kappa shape index (κ3) is 4.31. The molecular formula is C19H22ClFN4O. The number of benzene rings is 1. The van der Waals surface area contributed by atoms with Crippen LogP contribution in [-0.2, 0) is 4.79 Å². The maximum atomic E-state index is 13.6. The molecule has 26 heavy (non-hydrogen) atoms. The number of anilines is 2. The Balaban J connectivity index is 1.55. The molecule has 138 valence electrons. The molecule has 1 atom stereocenters. The highest BCUT2D eigenvalue weighted by molar-refractivity contribution is 6.30. The van der Waals surface area contributed by atoms with Crippen LogP contribution in [0.15, 0.2) is 36.5 Å². The summed E-state index contributed by atoms with van der Waals surface area (Å²) in [5, 5.41) is 3.41. The van der Waals surface area contributed by atoms with E-state index in [0.29, 0.717) is 16.3 Å². The van der Waals surface area contributed by atoms with Crippen LogP contribution in [0.2, 0.25) is 5.02 Å². The summed E-state index contributed by atoms with van der Waals surface area (Å²) in [6.07, 6.45) is 1.64. The number of pyridine rings is 1. The summed E-state index contributed by atoms with van der Waals surface area (Å²) < 4.78 is 13.6. The Morgan fingerprint density at radius 1 is 1.23 bits per heavy atom. The van der Waals surface area contributed by atoms with Gasteiger partial charge in [-0.3, -0.25) is 9.69 Å². The Morgan fingerprint density at radius 2 is 1.96 bits per heavy atom. The van der Waals surface area contributed by atoms with Gasteiger partial charge in [-0.1, -0.05) is 17.7 Å². The second kappa shape index (κ2) is 8.01. The van der Waals surface area contributed by atoms with Gasteiger partial charge in [-0.15, -0.1) is 0 Å². The van der Waals surface area contributed by atoms with Crippen LogP contribution in [-0.4, -0.2) is 48.0 Å². The maximum absolute atomic E-state index is 13.6. The number of amides is 1. The van der Waals surface area contributed by atoms with E-state index in [4.69, 9.17) is 11.6 Å². The van der Waals surface area contributed by atoms with Crippen molar-refractivity contribution in [2.24, 2.45) is 0 Å². The largest absolute Gasteiger partial charge is 0.354 e. The average molecular weight is 377 g/mol. The first-order valence-electron chi connectivity index (χ1n) is 8.61. The number of halogens is 2. The zero-order valence-electron chi connectivity index (χ0n) is 14.9. The summed E-state index contributed by atoms with van der Waals surface area (Å²) in [5.74, 6) is 0.437. The number of piperazine rings is 1. The SMILES string of the molecule is Cc1ccc(NC(=O)C(C)N2CCN(c3ccc(Cl)cn3)CC2)cc1F. The Labute approximate surface area is 157 Å². The number of nitrogens with one attached hydrogen (secondary N) is 1. The molecule has 1 aromatic carbocycles. The van der Waals surface area contributed by atoms with Crippen molar-refractivity contribution in [3.05, 3.63) is 52.9 Å². The molecule has 0 aliphatic carbocycles. The predicted molar refractivity (Wildman–Crippen MR) is 102 cm³/mol. The molecule has 1 aromatic heterocycles. The van der Waals surface area contributed by atoms with Crippen molar-refractivity contribution in [3.63, 3.8) is 0 Å². The van der Waals surface area contributed by atoms with E-state index in [9.17, 15) is 9.18 Å². The molecule has 1 fully saturated rings. The summed E-state index contributed by atoms with van der Waals surface area (Å²) in [6.45, 7) is 6.63. The summed E-state index contributed by atoms with van der Waals surface area (Å²) in [7, 11) is 0. The van der Waals surface area contributed by atoms with E-state index in [-0.39, 0.29) is 17.8 Å². The first-order chi connectivity index (χ1) is 12.4. The van der Waals surface area contributed by atoms with Gasteiger partial charge in [0.25, 0.3) is 0 Å². The molecule has 7 heteroatoms. The standard InChI is InChI=1S/C19H22ClFN4O/c1-13-3-5-16(11-17(13)21)23-19(26)14(2)24-7-9-25(10-8-24)18-6-4-15(20)12-22-18/h3-6,11-12,14H,7-10H2,1-2H3,(H,23,26). The number of aryl methyl sites for hydroxylation is 1. The van der Waals surface area contributed by atoms with Crippen LogP contribution in [0, 0.1) is 12.7 Å². The van der Waals surface area contributed by atoms with Crippen LogP contribution in [0.5, 0.6) is 0 Å². The number of rotatable bonds is 4. The van der Waals surface area contributed by atoms with Gasteiger partial charge >= 0.3 is 0 Å². The van der Waals surface area contributed by atoms with Gasteiger partial charge in [0, 0.05) is 38.1 Å². The molecule has 0 bridgehead atoms. The van der Waals surface area contributed by atoms with Gasteiger partial charge < -0.3 is 10.2 Å². The number of carbonyl (C=O) groups is 1. The minimum atomic E-state index is -0.320. The van der Waals surface area contributed by atoms with E-state index in [0.717, 1.165) is 32.0 Å². The molecule has 1 unspecified atom stereocenters. The van der Waals surface area contributed by atoms with Gasteiger partial charge in [-0.05, 0) is 43.7 Å². The number of hydrogen-bond acceptors (Lipinski definition) is 4. The molecule has 2 aromatic rings. The van der Waals surface area contributed by atoms with E-state index in [1.165, 1.54) is 6.07 Å². The zero-order valence-corrected chi connectivity index (χ0v) is 15.6. The molecule has 1 amide bonds. The fourth-order valence-electron chi connectivity index (χ4n) is 2.98. The molecule has 1 saturated heterocycles. The quantitative estimate of drug-likeness (QED) is 0.889. The first-order valence-corrected chi connectivity index (χ1v) is 8.99. The third-order valence-electron chi connectivity index (χ3n) is 4.72. The Hall–Kier alpha value is -2.18. The molecule has 1 aliphatic rings. The lowest BCUT2D eigenvalue weighted by molar-refractivity contribution is -0.120. The second-order valence-electron chi connectivity index (χ2n) is 6.49. The zero-order chi connectivity index (χ0) is 18.7. The summed E-state index contributed by atoms with van der Waals surface area (Å²) in [5.41, 5.74) is 1.04. The maximum Gasteiger partial charge on any atom is 0.241 e. The van der Waals surface area contributed by atoms with Crippen molar-refractivity contribution < 1.29 is 9.18 Å². The van der Waals surface area contributed by atoms with E-state index in [1.807, 2.05) is 19.1 Å². The highest BCUT2D eigenvalue weighted by atomic mass is 35.5. The lowest BCUT2D eigenvalue weighted by atomic mass is 10.2. The molecule has 1 aliphatic heterocycles. The molecule has 0 saturated carbocycles. The molecule has 0 radical (unpaired) electrons. The van der Waals surface area contributed by atoms with Gasteiger partial charge in [-0.25, -0.2) is 9.37 Å². The highest BCUT2D eigenvalue weighted by Crippen LogP contribution is 2.18. The predicted octanol–water partition coefficient (Wildman–Crippen LogP) is 3.33. The van der Waals surface area contributed by atoms with E-state index in [2.05, 4.69) is 20.1 Å². The third-order valence-corrected chi connectivity index (χ3v) is 4.94. The Morgan fingerprint density at radius 3 is 2.58 bits per heavy atom. The monoisotopic (exact) mass is 376 g/mol. The van der Waals surface area contributed by atoms with Crippen molar-refractivity contribution >= 4 is 29.0 Å².